The van der Waals surface area contributed by atoms with Gasteiger partial charge in [-0.25, -0.2) is 0 Å². The number of hydrogen-bond acceptors (Lipinski definition) is 1. The molecule has 1 aromatic rings. The van der Waals surface area contributed by atoms with E-state index in [0.29, 0.717) is 12.1 Å². The van der Waals surface area contributed by atoms with E-state index in [0.717, 1.165) is 6.07 Å². The fraction of sp³-hybridized carbons (Fsp3) is 0.250. The van der Waals surface area contributed by atoms with Crippen molar-refractivity contribution in [3.05, 3.63) is 23.8 Å². The van der Waals surface area contributed by atoms with Crippen LogP contribution >= 0.6 is 0 Å². The van der Waals surface area contributed by atoms with Gasteiger partial charge in [-0.1, -0.05) is 6.07 Å². The third kappa shape index (κ3) is 2.94. The lowest BCUT2D eigenvalue weighted by atomic mass is 10.1. The van der Waals surface area contributed by atoms with Gasteiger partial charge in [0.25, 0.3) is 0 Å². The van der Waals surface area contributed by atoms with Crippen molar-refractivity contribution in [3.8, 4) is 11.5 Å². The van der Waals surface area contributed by atoms with E-state index < -0.39 is 29.6 Å². The predicted octanol–water partition coefficient (Wildman–Crippen LogP) is 3.75. The molecule has 1 rings (SSSR count). The second kappa shape index (κ2) is 3.76. The summed E-state index contributed by atoms with van der Waals surface area (Å²) in [7, 11) is 0. The lowest BCUT2D eigenvalue weighted by Gasteiger charge is -2.14. The number of benzene rings is 1. The first-order valence-corrected chi connectivity index (χ1v) is 3.74. The molecule has 2 nitrogen and oxygen atoms in total. The summed E-state index contributed by atoms with van der Waals surface area (Å²) in [5.41, 5.74) is -1.97. The van der Waals surface area contributed by atoms with Crippen LogP contribution in [-0.4, -0.2) is 6.36 Å². The molecule has 0 aliphatic rings. The maximum atomic E-state index is 12.2. The summed E-state index contributed by atoms with van der Waals surface area (Å²) in [6.07, 6.45) is -10.5. The highest BCUT2D eigenvalue weighted by atomic mass is 19.4. The molecule has 1 radical (unpaired) electrons. The molecule has 0 aliphatic carbocycles. The molecule has 0 aliphatic heterocycles. The monoisotopic (exact) mass is 245 g/mol. The topological polar surface area (TPSA) is 29.1 Å². The van der Waals surface area contributed by atoms with Crippen LogP contribution in [0.15, 0.2) is 18.2 Å². The van der Waals surface area contributed by atoms with Gasteiger partial charge in [-0.05, 0) is 12.1 Å². The summed E-state index contributed by atoms with van der Waals surface area (Å²) in [4.78, 5) is 0. The van der Waals surface area contributed by atoms with Crippen molar-refractivity contribution in [1.29, 1.82) is 0 Å². The normalized spacial score (nSPS) is 12.6. The molecule has 0 amide bonds. The predicted molar refractivity (Wildman–Crippen MR) is 38.3 cm³/mol. The van der Waals surface area contributed by atoms with Crippen LogP contribution in [0.2, 0.25) is 0 Å². The van der Waals surface area contributed by atoms with Crippen LogP contribution in [0.1, 0.15) is 5.56 Å². The van der Waals surface area contributed by atoms with E-state index in [2.05, 4.69) is 4.74 Å². The standard InChI is InChI=1S/C8H3F6O2/c9-7(10,11)6-4(15)2-1-3-5(6)16-8(12,13)14/h1-3H. The number of halogens is 6. The lowest BCUT2D eigenvalue weighted by Crippen LogP contribution is -2.20. The second-order valence-electron chi connectivity index (χ2n) is 2.67. The first-order valence-electron chi connectivity index (χ1n) is 3.74. The lowest BCUT2D eigenvalue weighted by molar-refractivity contribution is -0.276. The van der Waals surface area contributed by atoms with E-state index in [1.807, 2.05) is 0 Å². The average molecular weight is 245 g/mol. The van der Waals surface area contributed by atoms with Gasteiger partial charge in [0.05, 0.1) is 0 Å². The van der Waals surface area contributed by atoms with Crippen molar-refractivity contribution >= 4 is 0 Å². The largest absolute Gasteiger partial charge is 0.573 e. The van der Waals surface area contributed by atoms with E-state index in [-0.39, 0.29) is 0 Å². The Labute approximate surface area is 85.1 Å². The zero-order valence-electron chi connectivity index (χ0n) is 7.32. The average Bonchev–Trinajstić information content (AvgIpc) is 1.97. The fourth-order valence-corrected chi connectivity index (χ4v) is 1.00. The van der Waals surface area contributed by atoms with Gasteiger partial charge in [-0.3, -0.25) is 5.11 Å². The maximum absolute atomic E-state index is 12.2. The van der Waals surface area contributed by atoms with Crippen molar-refractivity contribution < 1.29 is 36.2 Å². The molecule has 1 aromatic carbocycles. The minimum absolute atomic E-state index is 0.428. The first kappa shape index (κ1) is 12.5. The van der Waals surface area contributed by atoms with Gasteiger partial charge in [0.1, 0.15) is 11.3 Å². The quantitative estimate of drug-likeness (QED) is 0.692. The molecule has 0 bridgehead atoms. The zero-order chi connectivity index (χ0) is 12.6. The van der Waals surface area contributed by atoms with Crippen LogP contribution in [0, 0.1) is 0 Å². The molecule has 89 valence electrons. The third-order valence-corrected chi connectivity index (χ3v) is 1.50. The van der Waals surface area contributed by atoms with Crippen molar-refractivity contribution in [3.63, 3.8) is 0 Å². The van der Waals surface area contributed by atoms with Crippen LogP contribution in [0.4, 0.5) is 26.3 Å². The molecule has 0 spiro atoms. The Morgan fingerprint density at radius 1 is 1.00 bits per heavy atom. The molecule has 0 saturated heterocycles. The highest BCUT2D eigenvalue weighted by Crippen LogP contribution is 2.43. The molecule has 0 atom stereocenters. The van der Waals surface area contributed by atoms with Crippen LogP contribution in [0.5, 0.6) is 11.5 Å². The number of alkyl halides is 6. The van der Waals surface area contributed by atoms with Gasteiger partial charge >= 0.3 is 12.5 Å². The molecule has 0 N–H and O–H groups in total. The van der Waals surface area contributed by atoms with Crippen LogP contribution in [0.3, 0.4) is 0 Å². The Bertz CT molecular complexity index is 381. The summed E-state index contributed by atoms with van der Waals surface area (Å²) in [5.74, 6) is -3.12. The van der Waals surface area contributed by atoms with Crippen LogP contribution < -0.4 is 4.74 Å². The summed E-state index contributed by atoms with van der Waals surface area (Å²) >= 11 is 0. The van der Waals surface area contributed by atoms with Crippen molar-refractivity contribution in [2.75, 3.05) is 0 Å². The van der Waals surface area contributed by atoms with E-state index in [1.165, 1.54) is 0 Å². The Kier molecular flexibility index (Phi) is 2.93. The molecular formula is C8H3F6O2. The number of ether oxygens (including phenoxy) is 1. The Morgan fingerprint density at radius 2 is 1.56 bits per heavy atom. The van der Waals surface area contributed by atoms with E-state index in [9.17, 15) is 31.4 Å². The molecule has 0 saturated carbocycles. The zero-order valence-corrected chi connectivity index (χ0v) is 7.32. The number of rotatable bonds is 1. The van der Waals surface area contributed by atoms with Gasteiger partial charge in [0.2, 0.25) is 0 Å². The van der Waals surface area contributed by atoms with Crippen molar-refractivity contribution in [1.82, 2.24) is 0 Å². The first-order chi connectivity index (χ1) is 7.11. The number of hydrogen-bond donors (Lipinski definition) is 0. The molecular weight excluding hydrogens is 242 g/mol. The highest BCUT2D eigenvalue weighted by molar-refractivity contribution is 5.45. The summed E-state index contributed by atoms with van der Waals surface area (Å²) < 4.78 is 75.1. The summed E-state index contributed by atoms with van der Waals surface area (Å²) in [6.45, 7) is 0. The molecule has 0 heterocycles. The third-order valence-electron chi connectivity index (χ3n) is 1.50. The van der Waals surface area contributed by atoms with Crippen LogP contribution in [0.25, 0.3) is 0 Å². The van der Waals surface area contributed by atoms with Gasteiger partial charge in [-0.15, -0.1) is 13.2 Å². The molecule has 8 heteroatoms. The molecule has 0 fully saturated rings. The van der Waals surface area contributed by atoms with Crippen LogP contribution in [-0.2, 0) is 11.3 Å². The Hall–Kier alpha value is -1.60. The molecule has 0 unspecified atom stereocenters. The summed E-state index contributed by atoms with van der Waals surface area (Å²) in [6, 6.07) is 1.68. The van der Waals surface area contributed by atoms with Crippen molar-refractivity contribution in [2.24, 2.45) is 0 Å². The second-order valence-corrected chi connectivity index (χ2v) is 2.67. The minimum Gasteiger partial charge on any atom is -0.405 e. The Morgan fingerprint density at radius 3 is 2.00 bits per heavy atom. The van der Waals surface area contributed by atoms with E-state index in [1.54, 1.807) is 0 Å². The summed E-state index contributed by atoms with van der Waals surface area (Å²) in [5, 5.41) is 10.8. The fourth-order valence-electron chi connectivity index (χ4n) is 1.00. The Balaban J connectivity index is 3.24. The molecule has 0 aromatic heterocycles. The smallest absolute Gasteiger partial charge is 0.405 e. The van der Waals surface area contributed by atoms with Gasteiger partial charge < -0.3 is 4.74 Å². The highest BCUT2D eigenvalue weighted by Gasteiger charge is 2.42. The van der Waals surface area contributed by atoms with E-state index in [4.69, 9.17) is 0 Å². The van der Waals surface area contributed by atoms with E-state index >= 15 is 0 Å². The van der Waals surface area contributed by atoms with Crippen molar-refractivity contribution in [2.45, 2.75) is 12.5 Å². The maximum Gasteiger partial charge on any atom is 0.573 e. The SMILES string of the molecule is [O]c1cccc(OC(F)(F)F)c1C(F)(F)F. The van der Waals surface area contributed by atoms with Gasteiger partial charge in [-0.2, -0.15) is 13.2 Å². The molecule has 16 heavy (non-hydrogen) atoms. The minimum atomic E-state index is -5.28. The van der Waals surface area contributed by atoms with Gasteiger partial charge in [0, 0.05) is 0 Å². The van der Waals surface area contributed by atoms with Gasteiger partial charge in [0.15, 0.2) is 5.75 Å².